The Hall–Kier alpha value is -3.72. The van der Waals surface area contributed by atoms with Crippen molar-refractivity contribution >= 4 is 33.7 Å². The van der Waals surface area contributed by atoms with Gasteiger partial charge < -0.3 is 14.6 Å². The van der Waals surface area contributed by atoms with Crippen molar-refractivity contribution in [3.8, 4) is 0 Å². The zero-order valence-corrected chi connectivity index (χ0v) is 22.3. The summed E-state index contributed by atoms with van der Waals surface area (Å²) < 4.78 is 47.8. The predicted molar refractivity (Wildman–Crippen MR) is 132 cm³/mol. The Morgan fingerprint density at radius 1 is 1.28 bits per heavy atom. The molecule has 13 nitrogen and oxygen atoms in total. The van der Waals surface area contributed by atoms with Crippen LogP contribution in [0.15, 0.2) is 33.7 Å². The van der Waals surface area contributed by atoms with Crippen molar-refractivity contribution in [1.82, 2.24) is 25.3 Å². The molecule has 1 aromatic carbocycles. The fourth-order valence-electron chi connectivity index (χ4n) is 5.50. The molecule has 1 aliphatic carbocycles. The molecule has 2 bridgehead atoms. The van der Waals surface area contributed by atoms with Crippen molar-refractivity contribution in [2.24, 2.45) is 10.9 Å². The van der Waals surface area contributed by atoms with E-state index >= 15 is 0 Å². The number of nitrogens with zero attached hydrogens (tertiary/aromatic N) is 5. The molecule has 1 saturated heterocycles. The zero-order chi connectivity index (χ0) is 28.1. The Balaban J connectivity index is 1.51. The summed E-state index contributed by atoms with van der Waals surface area (Å²) in [5.74, 6) is -2.33. The average Bonchev–Trinajstić information content (AvgIpc) is 3.48. The number of carbonyl (C=O) groups is 3. The fourth-order valence-corrected chi connectivity index (χ4v) is 6.07. The summed E-state index contributed by atoms with van der Waals surface area (Å²) in [6, 6.07) is 3.88. The van der Waals surface area contributed by atoms with Crippen LogP contribution in [0.25, 0.3) is 0 Å². The number of carbonyl (C=O) groups excluding carboxylic acids is 3. The van der Waals surface area contributed by atoms with Gasteiger partial charge in [0.15, 0.2) is 12.1 Å². The largest absolute Gasteiger partial charge is 0.417 e. The number of aryl methyl sites for hydroxylation is 1. The highest BCUT2D eigenvalue weighted by Crippen LogP contribution is 2.46. The van der Waals surface area contributed by atoms with E-state index in [9.17, 15) is 27.2 Å². The number of aromatic nitrogens is 2. The van der Waals surface area contributed by atoms with Crippen molar-refractivity contribution in [1.29, 1.82) is 0 Å². The van der Waals surface area contributed by atoms with E-state index in [1.165, 1.54) is 34.1 Å². The summed E-state index contributed by atoms with van der Waals surface area (Å²) in [4.78, 5) is 47.7. The molecule has 4 atom stereocenters. The van der Waals surface area contributed by atoms with Crippen molar-refractivity contribution in [2.75, 3.05) is 19.8 Å². The van der Waals surface area contributed by atoms with Crippen LogP contribution in [-0.2, 0) is 30.4 Å². The fraction of sp³-hybridized carbons (Fsp3) is 0.500. The lowest BCUT2D eigenvalue weighted by molar-refractivity contribution is -0.142. The van der Waals surface area contributed by atoms with Gasteiger partial charge >= 0.3 is 11.8 Å². The topological polar surface area (TPSA) is 164 Å². The van der Waals surface area contributed by atoms with Crippen molar-refractivity contribution in [2.45, 2.75) is 50.4 Å². The molecule has 3 heterocycles. The lowest BCUT2D eigenvalue weighted by atomic mass is 9.85. The van der Waals surface area contributed by atoms with Gasteiger partial charge in [-0.1, -0.05) is 12.1 Å². The van der Waals surface area contributed by atoms with Gasteiger partial charge in [-0.25, -0.2) is 4.39 Å². The quantitative estimate of drug-likeness (QED) is 0.471. The normalized spacial score (nSPS) is 26.2. The Labute approximate surface area is 223 Å². The van der Waals surface area contributed by atoms with Crippen LogP contribution >= 0.6 is 0 Å². The first-order chi connectivity index (χ1) is 18.4. The molecule has 3 amide bonds. The Kier molecular flexibility index (Phi) is 6.74. The predicted octanol–water partition coefficient (Wildman–Crippen LogP) is 0.412. The van der Waals surface area contributed by atoms with Gasteiger partial charge in [0.2, 0.25) is 11.8 Å². The van der Waals surface area contributed by atoms with Crippen molar-refractivity contribution in [3.05, 3.63) is 47.4 Å². The molecule has 0 radical (unpaired) electrons. The molecule has 2 aliphatic heterocycles. The molecule has 0 spiro atoms. The molecule has 208 valence electrons. The minimum atomic E-state index is -4.15. The molecule has 15 heteroatoms. The van der Waals surface area contributed by atoms with Crippen LogP contribution in [0.1, 0.15) is 41.4 Å². The third-order valence-corrected chi connectivity index (χ3v) is 7.90. The van der Waals surface area contributed by atoms with Crippen LogP contribution in [0.5, 0.6) is 0 Å². The molecule has 1 N–H and O–H groups in total. The third-order valence-electron chi connectivity index (χ3n) is 7.35. The molecule has 39 heavy (non-hydrogen) atoms. The second kappa shape index (κ2) is 9.79. The van der Waals surface area contributed by atoms with Crippen LogP contribution in [0, 0.1) is 18.7 Å². The van der Waals surface area contributed by atoms with Gasteiger partial charge in [-0.05, 0) is 42.9 Å². The first kappa shape index (κ1) is 26.9. The lowest BCUT2D eigenvalue weighted by Gasteiger charge is -2.49. The second-order valence-electron chi connectivity index (χ2n) is 10.0. The summed E-state index contributed by atoms with van der Waals surface area (Å²) in [5, 5.41) is 10.2. The maximum atomic E-state index is 13.7. The van der Waals surface area contributed by atoms with Crippen LogP contribution in [-0.4, -0.2) is 89.5 Å². The SMILES string of the molecule is Cc1nnc(C(=O)N(C)C23CCC(CN4C(=O)C(OS(C)(=O)=O)C(C(=O)NCc5ccc(F)cc5)N=C42)C3)o1. The number of rotatable bonds is 7. The van der Waals surface area contributed by atoms with Crippen LogP contribution < -0.4 is 5.32 Å². The number of hydrogen-bond donors (Lipinski definition) is 1. The van der Waals surface area contributed by atoms with Crippen LogP contribution in [0.2, 0.25) is 0 Å². The first-order valence-corrected chi connectivity index (χ1v) is 14.1. The molecule has 3 aliphatic rings. The lowest BCUT2D eigenvalue weighted by Crippen LogP contribution is -2.68. The smallest absolute Gasteiger partial charge is 0.311 e. The molecule has 4 unspecified atom stereocenters. The highest BCUT2D eigenvalue weighted by molar-refractivity contribution is 7.86. The molecule has 1 saturated carbocycles. The minimum absolute atomic E-state index is 0.00954. The van der Waals surface area contributed by atoms with Gasteiger partial charge in [0.25, 0.3) is 16.0 Å². The highest BCUT2D eigenvalue weighted by atomic mass is 32.2. The second-order valence-corrected chi connectivity index (χ2v) is 11.6. The Bertz CT molecular complexity index is 1460. The summed E-state index contributed by atoms with van der Waals surface area (Å²) >= 11 is 0. The molecule has 2 aromatic rings. The van der Waals surface area contributed by atoms with E-state index < -0.39 is 51.3 Å². The van der Waals surface area contributed by atoms with E-state index in [2.05, 4.69) is 20.5 Å². The van der Waals surface area contributed by atoms with E-state index in [0.717, 1.165) is 6.26 Å². The summed E-state index contributed by atoms with van der Waals surface area (Å²) in [6.07, 6.45) is 0.658. The first-order valence-electron chi connectivity index (χ1n) is 12.3. The van der Waals surface area contributed by atoms with E-state index in [-0.39, 0.29) is 36.6 Å². The number of amides is 3. The molecule has 5 rings (SSSR count). The van der Waals surface area contributed by atoms with Gasteiger partial charge in [0, 0.05) is 27.1 Å². The van der Waals surface area contributed by atoms with E-state index in [1.807, 2.05) is 0 Å². The van der Waals surface area contributed by atoms with E-state index in [4.69, 9.17) is 8.60 Å². The van der Waals surface area contributed by atoms with Crippen molar-refractivity contribution < 1.29 is 35.8 Å². The molecular weight excluding hydrogens is 535 g/mol. The van der Waals surface area contributed by atoms with Crippen molar-refractivity contribution in [3.63, 3.8) is 0 Å². The van der Waals surface area contributed by atoms with Gasteiger partial charge in [0.1, 0.15) is 17.2 Å². The zero-order valence-electron chi connectivity index (χ0n) is 21.5. The number of amidine groups is 1. The summed E-state index contributed by atoms with van der Waals surface area (Å²) in [7, 11) is -2.61. The number of nitrogens with one attached hydrogen (secondary N) is 1. The average molecular weight is 563 g/mol. The van der Waals surface area contributed by atoms with Gasteiger partial charge in [-0.3, -0.25) is 28.5 Å². The van der Waals surface area contributed by atoms with E-state index in [0.29, 0.717) is 24.8 Å². The van der Waals surface area contributed by atoms with Gasteiger partial charge in [-0.2, -0.15) is 8.42 Å². The molecular formula is C24H27FN6O7S. The standard InChI is InChI=1S/C24H27FN6O7S/c1-13-28-29-20(37-13)22(34)30(2)24-9-8-15(10-24)12-31-21(33)18(38-39(3,35)36)17(27-23(24)31)19(32)26-11-14-4-6-16(25)7-5-14/h4-7,15,17-18H,8-12H2,1-3H3,(H,26,32). The maximum absolute atomic E-state index is 13.7. The number of aliphatic imine (C=N–C) groups is 1. The number of hydrogen-bond acceptors (Lipinski definition) is 10. The maximum Gasteiger partial charge on any atom is 0.311 e. The van der Waals surface area contributed by atoms with E-state index in [1.54, 1.807) is 14.0 Å². The summed E-state index contributed by atoms with van der Waals surface area (Å²) in [6.45, 7) is 1.78. The van der Waals surface area contributed by atoms with Gasteiger partial charge in [0.05, 0.1) is 6.26 Å². The number of fused-ring (bicyclic) bond motifs is 4. The molecule has 2 fully saturated rings. The van der Waals surface area contributed by atoms with Crippen LogP contribution in [0.3, 0.4) is 0 Å². The van der Waals surface area contributed by atoms with Gasteiger partial charge in [-0.15, -0.1) is 10.2 Å². The Morgan fingerprint density at radius 2 is 2.00 bits per heavy atom. The number of halogens is 1. The molecule has 1 aromatic heterocycles. The number of likely N-dealkylation sites (N-methyl/N-ethyl adjacent to an activating group) is 1. The number of benzene rings is 1. The number of piperidine rings is 1. The summed E-state index contributed by atoms with van der Waals surface area (Å²) in [5.41, 5.74) is -0.487. The van der Waals surface area contributed by atoms with Crippen LogP contribution in [0.4, 0.5) is 4.39 Å². The highest BCUT2D eigenvalue weighted by Gasteiger charge is 2.59. The third kappa shape index (κ3) is 5.03. The Morgan fingerprint density at radius 3 is 2.64 bits per heavy atom. The minimum Gasteiger partial charge on any atom is -0.417 e. The monoisotopic (exact) mass is 562 g/mol.